The molecule has 1 aliphatic heterocycles. The lowest BCUT2D eigenvalue weighted by Gasteiger charge is -2.53. The summed E-state index contributed by atoms with van der Waals surface area (Å²) in [7, 11) is 3.21. The van der Waals surface area contributed by atoms with Gasteiger partial charge in [0, 0.05) is 18.5 Å². The molecule has 5 rings (SSSR count). The lowest BCUT2D eigenvalue weighted by Crippen LogP contribution is -2.60. The Balaban J connectivity index is 1.78. The number of amides is 2. The molecule has 4 nitrogen and oxygen atoms in total. The molecule has 4 heteroatoms. The maximum absolute atomic E-state index is 13.4. The molecule has 1 spiro atoms. The third-order valence-electron chi connectivity index (χ3n) is 5.82. The van der Waals surface area contributed by atoms with Gasteiger partial charge in [-0.25, -0.2) is 0 Å². The Morgan fingerprint density at radius 3 is 2.58 bits per heavy atom. The van der Waals surface area contributed by atoms with Crippen LogP contribution in [0, 0.1) is 5.92 Å². The maximum Gasteiger partial charge on any atom is 0.260 e. The molecule has 26 heavy (non-hydrogen) atoms. The van der Waals surface area contributed by atoms with Gasteiger partial charge in [-0.15, -0.1) is 0 Å². The molecule has 128 valence electrons. The molecule has 0 fully saturated rings. The highest BCUT2D eigenvalue weighted by Gasteiger charge is 2.61. The SMILES string of the molecule is COc1ccc(C2=C[C@@H]3C=Cc4cccc5c4[C@]23C(=O)N(C)C5=O)cc1. The largest absolute Gasteiger partial charge is 0.497 e. The Bertz CT molecular complexity index is 1030. The first-order valence-electron chi connectivity index (χ1n) is 8.60. The van der Waals surface area contributed by atoms with Gasteiger partial charge in [0.2, 0.25) is 5.91 Å². The van der Waals surface area contributed by atoms with Crippen molar-refractivity contribution in [3.63, 3.8) is 0 Å². The Morgan fingerprint density at radius 2 is 1.85 bits per heavy atom. The van der Waals surface area contributed by atoms with Crippen LogP contribution in [0.5, 0.6) is 5.75 Å². The number of carbonyl (C=O) groups excluding carboxylic acids is 2. The average Bonchev–Trinajstić information content (AvgIpc) is 2.66. The van der Waals surface area contributed by atoms with E-state index in [4.69, 9.17) is 4.74 Å². The maximum atomic E-state index is 13.4. The van der Waals surface area contributed by atoms with E-state index in [-0.39, 0.29) is 17.7 Å². The van der Waals surface area contributed by atoms with E-state index in [9.17, 15) is 9.59 Å². The summed E-state index contributed by atoms with van der Waals surface area (Å²) in [4.78, 5) is 27.4. The number of benzene rings is 2. The van der Waals surface area contributed by atoms with Crippen molar-refractivity contribution in [1.82, 2.24) is 4.90 Å². The molecular formula is C22H17NO3. The molecule has 2 atom stereocenters. The summed E-state index contributed by atoms with van der Waals surface area (Å²) in [5.74, 6) is 0.364. The summed E-state index contributed by atoms with van der Waals surface area (Å²) < 4.78 is 5.25. The molecule has 2 aromatic rings. The van der Waals surface area contributed by atoms with E-state index in [0.29, 0.717) is 5.56 Å². The van der Waals surface area contributed by atoms with Crippen LogP contribution in [0.4, 0.5) is 0 Å². The van der Waals surface area contributed by atoms with Crippen molar-refractivity contribution in [3.8, 4) is 5.75 Å². The lowest BCUT2D eigenvalue weighted by atomic mass is 9.50. The number of likely N-dealkylation sites (N-methyl/N-ethyl adjacent to an activating group) is 1. The third-order valence-corrected chi connectivity index (χ3v) is 5.82. The number of ether oxygens (including phenoxy) is 1. The molecule has 0 saturated carbocycles. The first kappa shape index (κ1) is 15.1. The molecule has 2 aliphatic carbocycles. The molecule has 0 bridgehead atoms. The second kappa shape index (κ2) is 4.94. The van der Waals surface area contributed by atoms with Crippen molar-refractivity contribution in [3.05, 3.63) is 76.9 Å². The monoisotopic (exact) mass is 343 g/mol. The summed E-state index contributed by atoms with van der Waals surface area (Å²) in [6.07, 6.45) is 6.22. The predicted octanol–water partition coefficient (Wildman–Crippen LogP) is 3.29. The number of hydrogen-bond acceptors (Lipinski definition) is 3. The number of nitrogens with zero attached hydrogens (tertiary/aromatic N) is 1. The summed E-state index contributed by atoms with van der Waals surface area (Å²) >= 11 is 0. The van der Waals surface area contributed by atoms with Crippen LogP contribution in [-0.2, 0) is 10.2 Å². The highest BCUT2D eigenvalue weighted by atomic mass is 16.5. The van der Waals surface area contributed by atoms with Crippen LogP contribution < -0.4 is 4.74 Å². The van der Waals surface area contributed by atoms with E-state index in [1.165, 1.54) is 4.90 Å². The zero-order valence-electron chi connectivity index (χ0n) is 14.5. The van der Waals surface area contributed by atoms with Gasteiger partial charge in [0.05, 0.1) is 7.11 Å². The van der Waals surface area contributed by atoms with E-state index in [0.717, 1.165) is 28.0 Å². The van der Waals surface area contributed by atoms with Gasteiger partial charge in [-0.2, -0.15) is 0 Å². The zero-order valence-corrected chi connectivity index (χ0v) is 14.5. The normalized spacial score (nSPS) is 25.2. The minimum absolute atomic E-state index is 0.0312. The van der Waals surface area contributed by atoms with Crippen molar-refractivity contribution in [2.24, 2.45) is 5.92 Å². The Kier molecular flexibility index (Phi) is 2.88. The first-order chi connectivity index (χ1) is 12.6. The van der Waals surface area contributed by atoms with E-state index in [1.54, 1.807) is 14.2 Å². The first-order valence-corrected chi connectivity index (χ1v) is 8.60. The van der Waals surface area contributed by atoms with Crippen molar-refractivity contribution in [1.29, 1.82) is 0 Å². The van der Waals surface area contributed by atoms with Crippen LogP contribution in [0.25, 0.3) is 11.6 Å². The molecule has 3 aliphatic rings. The number of methoxy groups -OCH3 is 1. The third kappa shape index (κ3) is 1.59. The minimum atomic E-state index is -0.808. The second-order valence-corrected chi connectivity index (χ2v) is 6.94. The molecule has 0 radical (unpaired) electrons. The van der Waals surface area contributed by atoms with Gasteiger partial charge in [0.25, 0.3) is 5.91 Å². The summed E-state index contributed by atoms with van der Waals surface area (Å²) in [5.41, 5.74) is 3.57. The molecule has 2 aromatic carbocycles. The zero-order chi connectivity index (χ0) is 18.1. The Morgan fingerprint density at radius 1 is 1.08 bits per heavy atom. The minimum Gasteiger partial charge on any atom is -0.497 e. The highest BCUT2D eigenvalue weighted by Crippen LogP contribution is 2.60. The predicted molar refractivity (Wildman–Crippen MR) is 98.7 cm³/mol. The van der Waals surface area contributed by atoms with Crippen LogP contribution in [-0.4, -0.2) is 30.9 Å². The van der Waals surface area contributed by atoms with Crippen LogP contribution in [0.3, 0.4) is 0 Å². The van der Waals surface area contributed by atoms with Crippen molar-refractivity contribution in [2.75, 3.05) is 14.2 Å². The standard InChI is InChI=1S/C22H17NO3/c1-23-20(24)17-5-3-4-14-6-9-15-12-18(22(15,19(14)17)21(23)25)13-7-10-16(26-2)11-8-13/h3-12,15H,1-2H3/t15-,22+/m0/s1. The fraction of sp³-hybridized carbons (Fsp3) is 0.182. The smallest absolute Gasteiger partial charge is 0.260 e. The Hall–Kier alpha value is -3.14. The molecule has 1 heterocycles. The molecule has 0 N–H and O–H groups in total. The van der Waals surface area contributed by atoms with Gasteiger partial charge in [-0.3, -0.25) is 14.5 Å². The van der Waals surface area contributed by atoms with E-state index >= 15 is 0 Å². The topological polar surface area (TPSA) is 46.6 Å². The summed E-state index contributed by atoms with van der Waals surface area (Å²) in [5, 5.41) is 0. The van der Waals surface area contributed by atoms with Gasteiger partial charge < -0.3 is 4.74 Å². The quantitative estimate of drug-likeness (QED) is 0.786. The number of allylic oxidation sites excluding steroid dienone is 2. The van der Waals surface area contributed by atoms with Gasteiger partial charge in [0.15, 0.2) is 0 Å². The van der Waals surface area contributed by atoms with E-state index in [1.807, 2.05) is 48.5 Å². The molecule has 0 unspecified atom stereocenters. The summed E-state index contributed by atoms with van der Waals surface area (Å²) in [6.45, 7) is 0. The van der Waals surface area contributed by atoms with Crippen LogP contribution in [0.2, 0.25) is 0 Å². The molecule has 0 saturated heterocycles. The molecule has 2 amide bonds. The average molecular weight is 343 g/mol. The van der Waals surface area contributed by atoms with Gasteiger partial charge >= 0.3 is 0 Å². The number of hydrogen-bond donors (Lipinski definition) is 0. The number of carbonyl (C=O) groups is 2. The highest BCUT2D eigenvalue weighted by molar-refractivity contribution is 6.21. The fourth-order valence-electron chi connectivity index (χ4n) is 4.55. The lowest BCUT2D eigenvalue weighted by molar-refractivity contribution is -0.133. The molecular weight excluding hydrogens is 326 g/mol. The number of imide groups is 1. The van der Waals surface area contributed by atoms with Crippen LogP contribution in [0.15, 0.2) is 54.6 Å². The molecule has 0 aromatic heterocycles. The van der Waals surface area contributed by atoms with Gasteiger partial charge in [-0.1, -0.05) is 42.5 Å². The Labute approximate surface area is 151 Å². The fourth-order valence-corrected chi connectivity index (χ4v) is 4.55. The van der Waals surface area contributed by atoms with Crippen molar-refractivity contribution in [2.45, 2.75) is 5.41 Å². The summed E-state index contributed by atoms with van der Waals surface area (Å²) in [6, 6.07) is 13.4. The second-order valence-electron chi connectivity index (χ2n) is 6.94. The van der Waals surface area contributed by atoms with Gasteiger partial charge in [0.1, 0.15) is 11.2 Å². The van der Waals surface area contributed by atoms with Crippen LogP contribution >= 0.6 is 0 Å². The van der Waals surface area contributed by atoms with Gasteiger partial charge in [-0.05, 0) is 40.5 Å². The van der Waals surface area contributed by atoms with E-state index < -0.39 is 5.41 Å². The van der Waals surface area contributed by atoms with Crippen molar-refractivity contribution < 1.29 is 14.3 Å². The van der Waals surface area contributed by atoms with Crippen molar-refractivity contribution >= 4 is 23.5 Å². The van der Waals surface area contributed by atoms with Crippen LogP contribution in [0.1, 0.15) is 27.0 Å². The van der Waals surface area contributed by atoms with E-state index in [2.05, 4.69) is 12.2 Å². The number of rotatable bonds is 2.